The summed E-state index contributed by atoms with van der Waals surface area (Å²) in [6.45, 7) is 2.96. The molecule has 170 valence electrons. The molecule has 32 heavy (non-hydrogen) atoms. The largest absolute Gasteiger partial charge is 0.493 e. The molecule has 0 N–H and O–H groups in total. The van der Waals surface area contributed by atoms with Crippen LogP contribution in [0.1, 0.15) is 80.6 Å². The maximum absolute atomic E-state index is 13.7. The van der Waals surface area contributed by atoms with E-state index in [4.69, 9.17) is 14.7 Å². The minimum absolute atomic E-state index is 0.0628. The Bertz CT molecular complexity index is 911. The minimum Gasteiger partial charge on any atom is -0.493 e. The maximum Gasteiger partial charge on any atom is 0.343 e. The van der Waals surface area contributed by atoms with Gasteiger partial charge in [0.2, 0.25) is 0 Å². The number of halogens is 1. The van der Waals surface area contributed by atoms with E-state index in [9.17, 15) is 9.18 Å². The summed E-state index contributed by atoms with van der Waals surface area (Å²) in [4.78, 5) is 12.3. The highest BCUT2D eigenvalue weighted by Gasteiger charge is 2.21. The Labute approximate surface area is 190 Å². The van der Waals surface area contributed by atoms with Crippen molar-refractivity contribution in [1.29, 1.82) is 5.26 Å². The van der Waals surface area contributed by atoms with Crippen molar-refractivity contribution in [3.63, 3.8) is 0 Å². The van der Waals surface area contributed by atoms with Crippen molar-refractivity contribution in [3.05, 3.63) is 59.4 Å². The molecule has 0 spiro atoms. The van der Waals surface area contributed by atoms with E-state index in [1.807, 2.05) is 0 Å². The van der Waals surface area contributed by atoms with E-state index in [2.05, 4.69) is 6.92 Å². The lowest BCUT2D eigenvalue weighted by atomic mass is 9.80. The highest BCUT2D eigenvalue weighted by Crippen LogP contribution is 2.32. The lowest BCUT2D eigenvalue weighted by Crippen LogP contribution is -2.20. The average molecular weight is 438 g/mol. The van der Waals surface area contributed by atoms with Crippen LogP contribution in [-0.4, -0.2) is 12.6 Å². The minimum atomic E-state index is -0.716. The van der Waals surface area contributed by atoms with Crippen LogP contribution in [0.3, 0.4) is 0 Å². The van der Waals surface area contributed by atoms with Crippen LogP contribution < -0.4 is 9.47 Å². The molecule has 1 saturated carbocycles. The van der Waals surface area contributed by atoms with Crippen LogP contribution in [0, 0.1) is 29.0 Å². The molecule has 1 fully saturated rings. The van der Waals surface area contributed by atoms with Gasteiger partial charge < -0.3 is 9.47 Å². The van der Waals surface area contributed by atoms with Crippen LogP contribution in [0.4, 0.5) is 4.39 Å². The molecule has 3 rings (SSSR count). The summed E-state index contributed by atoms with van der Waals surface area (Å²) in [6.07, 6.45) is 11.8. The Morgan fingerprint density at radius 3 is 2.34 bits per heavy atom. The van der Waals surface area contributed by atoms with Crippen LogP contribution >= 0.6 is 0 Å². The number of nitriles is 1. The van der Waals surface area contributed by atoms with E-state index in [1.54, 1.807) is 30.3 Å². The number of ether oxygens (including phenoxy) is 2. The van der Waals surface area contributed by atoms with E-state index in [0.29, 0.717) is 18.1 Å². The Hall–Kier alpha value is -2.87. The summed E-state index contributed by atoms with van der Waals surface area (Å²) in [5, 5.41) is 8.77. The highest BCUT2D eigenvalue weighted by atomic mass is 19.1. The number of unbranched alkanes of at least 4 members (excludes halogenated alkanes) is 3. The third-order valence-corrected chi connectivity index (χ3v) is 6.28. The van der Waals surface area contributed by atoms with E-state index >= 15 is 0 Å². The number of hydrogen-bond acceptors (Lipinski definition) is 4. The molecule has 2 aromatic rings. The molecular formula is C27H32FNO3. The molecular weight excluding hydrogens is 405 g/mol. The summed E-state index contributed by atoms with van der Waals surface area (Å²) in [5.74, 6) is 0.973. The van der Waals surface area contributed by atoms with Crippen LogP contribution in [0.15, 0.2) is 42.5 Å². The van der Waals surface area contributed by atoms with Crippen LogP contribution in [0.5, 0.6) is 11.5 Å². The lowest BCUT2D eigenvalue weighted by molar-refractivity contribution is 0.0734. The van der Waals surface area contributed by atoms with E-state index in [1.165, 1.54) is 69.9 Å². The molecule has 0 aliphatic heterocycles. The molecule has 0 aromatic heterocycles. The summed E-state index contributed by atoms with van der Waals surface area (Å²) < 4.78 is 24.8. The molecule has 0 heterocycles. The molecule has 0 atom stereocenters. The number of hydrogen-bond donors (Lipinski definition) is 0. The molecule has 0 radical (unpaired) electrons. The monoisotopic (exact) mass is 437 g/mol. The first-order chi connectivity index (χ1) is 15.6. The third-order valence-electron chi connectivity index (χ3n) is 6.28. The summed E-state index contributed by atoms with van der Waals surface area (Å²) in [6, 6.07) is 12.3. The van der Waals surface area contributed by atoms with Crippen molar-refractivity contribution >= 4 is 5.97 Å². The second-order valence-corrected chi connectivity index (χ2v) is 8.71. The quantitative estimate of drug-likeness (QED) is 0.226. The first kappa shape index (κ1) is 23.8. The van der Waals surface area contributed by atoms with Gasteiger partial charge in [-0.1, -0.05) is 51.9 Å². The molecule has 2 aromatic carbocycles. The maximum atomic E-state index is 13.7. The number of esters is 1. The zero-order valence-corrected chi connectivity index (χ0v) is 18.8. The molecule has 0 unspecified atom stereocenters. The highest BCUT2D eigenvalue weighted by molar-refractivity contribution is 5.91. The van der Waals surface area contributed by atoms with Crippen LogP contribution in [-0.2, 0) is 0 Å². The second-order valence-electron chi connectivity index (χ2n) is 8.71. The molecule has 1 aliphatic rings. The smallest absolute Gasteiger partial charge is 0.343 e. The van der Waals surface area contributed by atoms with Gasteiger partial charge in [-0.15, -0.1) is 0 Å². The normalized spacial score (nSPS) is 18.0. The van der Waals surface area contributed by atoms with Crippen molar-refractivity contribution in [2.24, 2.45) is 11.8 Å². The number of rotatable bonds is 10. The van der Waals surface area contributed by atoms with Crippen molar-refractivity contribution in [2.45, 2.75) is 64.7 Å². The van der Waals surface area contributed by atoms with Gasteiger partial charge in [0.25, 0.3) is 0 Å². The predicted octanol–water partition coefficient (Wildman–Crippen LogP) is 7.07. The number of carbonyl (C=O) groups is 1. The fourth-order valence-electron chi connectivity index (χ4n) is 4.26. The van der Waals surface area contributed by atoms with Crippen molar-refractivity contribution < 1.29 is 18.7 Å². The van der Waals surface area contributed by atoms with Crippen molar-refractivity contribution in [3.8, 4) is 17.6 Å². The Balaban J connectivity index is 1.41. The van der Waals surface area contributed by atoms with Gasteiger partial charge in [0.05, 0.1) is 17.7 Å². The van der Waals surface area contributed by atoms with Gasteiger partial charge in [-0.25, -0.2) is 9.18 Å². The number of nitrogens with zero attached hydrogens (tertiary/aromatic N) is 1. The van der Waals surface area contributed by atoms with Gasteiger partial charge in [-0.05, 0) is 61.1 Å². The Morgan fingerprint density at radius 1 is 1.00 bits per heavy atom. The average Bonchev–Trinajstić information content (AvgIpc) is 2.82. The first-order valence-corrected chi connectivity index (χ1v) is 11.7. The summed E-state index contributed by atoms with van der Waals surface area (Å²) >= 11 is 0. The van der Waals surface area contributed by atoms with Gasteiger partial charge >= 0.3 is 5.97 Å². The van der Waals surface area contributed by atoms with Gasteiger partial charge in [-0.2, -0.15) is 5.26 Å². The standard InChI is InChI=1S/C27H32FNO3/c1-2-3-4-5-6-20-7-9-21(10-8-20)19-31-24-14-11-22(12-15-24)27(30)32-25-16-13-23(18-29)26(28)17-25/h11-17,20-21H,2-10,19H2,1H3/t20-,21-. The second kappa shape index (κ2) is 12.2. The number of carbonyl (C=O) groups excluding carboxylic acids is 1. The van der Waals surface area contributed by atoms with E-state index in [0.717, 1.165) is 17.7 Å². The van der Waals surface area contributed by atoms with Crippen molar-refractivity contribution in [1.82, 2.24) is 0 Å². The molecule has 0 saturated heterocycles. The van der Waals surface area contributed by atoms with Gasteiger partial charge in [0.15, 0.2) is 0 Å². The number of benzene rings is 2. The van der Waals surface area contributed by atoms with Gasteiger partial charge in [0.1, 0.15) is 23.4 Å². The Kier molecular flexibility index (Phi) is 9.10. The van der Waals surface area contributed by atoms with E-state index in [-0.39, 0.29) is 11.3 Å². The van der Waals surface area contributed by atoms with Gasteiger partial charge in [0, 0.05) is 6.07 Å². The molecule has 4 nitrogen and oxygen atoms in total. The first-order valence-electron chi connectivity index (χ1n) is 11.7. The SMILES string of the molecule is CCCCCC[C@H]1CC[C@H](COc2ccc(C(=O)Oc3ccc(C#N)c(F)c3)cc2)CC1. The predicted molar refractivity (Wildman–Crippen MR) is 122 cm³/mol. The van der Waals surface area contributed by atoms with Crippen LogP contribution in [0.25, 0.3) is 0 Å². The zero-order chi connectivity index (χ0) is 22.8. The third kappa shape index (κ3) is 7.09. The molecule has 0 amide bonds. The molecule has 0 bridgehead atoms. The van der Waals surface area contributed by atoms with E-state index < -0.39 is 11.8 Å². The fourth-order valence-corrected chi connectivity index (χ4v) is 4.26. The Morgan fingerprint density at radius 2 is 1.69 bits per heavy atom. The van der Waals surface area contributed by atoms with Crippen LogP contribution in [0.2, 0.25) is 0 Å². The van der Waals surface area contributed by atoms with Gasteiger partial charge in [-0.3, -0.25) is 0 Å². The lowest BCUT2D eigenvalue weighted by Gasteiger charge is -2.28. The molecule has 1 aliphatic carbocycles. The summed E-state index contributed by atoms with van der Waals surface area (Å²) in [7, 11) is 0. The molecule has 5 heteroatoms. The topological polar surface area (TPSA) is 59.3 Å². The van der Waals surface area contributed by atoms with Crippen molar-refractivity contribution in [2.75, 3.05) is 6.61 Å². The summed E-state index contributed by atoms with van der Waals surface area (Å²) in [5.41, 5.74) is 0.262. The fraction of sp³-hybridized carbons (Fsp3) is 0.481. The zero-order valence-electron chi connectivity index (χ0n) is 18.8.